The number of hydrogen-bond acceptors (Lipinski definition) is 2. The lowest BCUT2D eigenvalue weighted by Crippen LogP contribution is -2.07. The van der Waals surface area contributed by atoms with E-state index >= 15 is 0 Å². The number of unbranched alkanes of at least 4 members (excludes halogenated alkanes) is 1. The van der Waals surface area contributed by atoms with Gasteiger partial charge < -0.3 is 9.30 Å². The number of hydrogen-bond donors (Lipinski definition) is 0. The van der Waals surface area contributed by atoms with E-state index in [0.717, 1.165) is 41.5 Å². The summed E-state index contributed by atoms with van der Waals surface area (Å²) < 4.78 is 8.11. The smallest absolute Gasteiger partial charge is 0.119 e. The highest BCUT2D eigenvalue weighted by Gasteiger charge is 2.12. The van der Waals surface area contributed by atoms with E-state index in [0.29, 0.717) is 12.5 Å². The van der Waals surface area contributed by atoms with Gasteiger partial charge in [0.15, 0.2) is 0 Å². The third kappa shape index (κ3) is 4.90. The topological polar surface area (TPSA) is 27.1 Å². The predicted molar refractivity (Wildman–Crippen MR) is 107 cm³/mol. The maximum Gasteiger partial charge on any atom is 0.119 e. The molecular formula is C20H24Cl2N2O. The van der Waals surface area contributed by atoms with Crippen molar-refractivity contribution in [2.45, 2.75) is 39.2 Å². The fourth-order valence-electron chi connectivity index (χ4n) is 2.86. The molecule has 2 aromatic carbocycles. The molecule has 3 rings (SSSR count). The number of nitrogens with zero attached hydrogens (tertiary/aromatic N) is 2. The summed E-state index contributed by atoms with van der Waals surface area (Å²) in [6.07, 6.45) is 2.07. The van der Waals surface area contributed by atoms with Crippen molar-refractivity contribution in [3.63, 3.8) is 0 Å². The van der Waals surface area contributed by atoms with Gasteiger partial charge in [0.1, 0.15) is 11.6 Å². The maximum absolute atomic E-state index is 5.88. The Kier molecular flexibility index (Phi) is 7.15. The van der Waals surface area contributed by atoms with Crippen LogP contribution in [0.4, 0.5) is 0 Å². The zero-order chi connectivity index (χ0) is 16.9. The number of benzene rings is 2. The van der Waals surface area contributed by atoms with Crippen molar-refractivity contribution in [2.75, 3.05) is 6.61 Å². The molecule has 0 N–H and O–H groups in total. The molecule has 134 valence electrons. The maximum atomic E-state index is 5.88. The van der Waals surface area contributed by atoms with Crippen LogP contribution in [0, 0.1) is 0 Å². The fourth-order valence-corrected chi connectivity index (χ4v) is 2.99. The van der Waals surface area contributed by atoms with E-state index in [4.69, 9.17) is 21.3 Å². The summed E-state index contributed by atoms with van der Waals surface area (Å²) in [5, 5.41) is 0.732. The van der Waals surface area contributed by atoms with Crippen LogP contribution in [-0.2, 0) is 6.54 Å². The number of aromatic nitrogens is 2. The van der Waals surface area contributed by atoms with E-state index in [-0.39, 0.29) is 12.4 Å². The van der Waals surface area contributed by atoms with Gasteiger partial charge in [-0.1, -0.05) is 37.6 Å². The van der Waals surface area contributed by atoms with Gasteiger partial charge in [0.25, 0.3) is 0 Å². The van der Waals surface area contributed by atoms with Crippen molar-refractivity contribution in [2.24, 2.45) is 0 Å². The van der Waals surface area contributed by atoms with Crippen molar-refractivity contribution < 1.29 is 4.74 Å². The molecule has 0 radical (unpaired) electrons. The third-order valence-corrected chi connectivity index (χ3v) is 4.31. The molecule has 5 heteroatoms. The van der Waals surface area contributed by atoms with Gasteiger partial charge in [-0.3, -0.25) is 0 Å². The number of rotatable bonds is 7. The van der Waals surface area contributed by atoms with Crippen molar-refractivity contribution >= 4 is 35.0 Å². The second-order valence-corrected chi connectivity index (χ2v) is 6.71. The molecule has 1 heterocycles. The molecule has 25 heavy (non-hydrogen) atoms. The monoisotopic (exact) mass is 378 g/mol. The second kappa shape index (κ2) is 9.12. The molecule has 0 aliphatic heterocycles. The molecule has 1 aromatic heterocycles. The largest absolute Gasteiger partial charge is 0.494 e. The van der Waals surface area contributed by atoms with Gasteiger partial charge in [-0.05, 0) is 49.2 Å². The minimum atomic E-state index is 0. The van der Waals surface area contributed by atoms with Crippen molar-refractivity contribution in [1.29, 1.82) is 0 Å². The summed E-state index contributed by atoms with van der Waals surface area (Å²) in [5.41, 5.74) is 2.30. The number of aryl methyl sites for hydroxylation is 1. The van der Waals surface area contributed by atoms with Gasteiger partial charge in [0, 0.05) is 17.5 Å². The number of para-hydroxylation sites is 2. The van der Waals surface area contributed by atoms with Crippen LogP contribution in [0.5, 0.6) is 5.75 Å². The number of halogens is 2. The number of ether oxygens (including phenoxy) is 1. The van der Waals surface area contributed by atoms with Gasteiger partial charge in [0.05, 0.1) is 17.6 Å². The lowest BCUT2D eigenvalue weighted by molar-refractivity contribution is 0.303. The van der Waals surface area contributed by atoms with Gasteiger partial charge >= 0.3 is 0 Å². The van der Waals surface area contributed by atoms with Crippen LogP contribution in [0.2, 0.25) is 5.02 Å². The van der Waals surface area contributed by atoms with Crippen LogP contribution in [0.25, 0.3) is 11.0 Å². The Hall–Kier alpha value is -1.71. The lowest BCUT2D eigenvalue weighted by atomic mass is 10.2. The summed E-state index contributed by atoms with van der Waals surface area (Å²) >= 11 is 5.88. The Bertz CT molecular complexity index is 797. The average Bonchev–Trinajstić information content (AvgIpc) is 2.95. The van der Waals surface area contributed by atoms with Crippen LogP contribution in [0.1, 0.15) is 38.4 Å². The van der Waals surface area contributed by atoms with Crippen LogP contribution < -0.4 is 4.74 Å². The molecule has 3 aromatic rings. The molecular weight excluding hydrogens is 355 g/mol. The Balaban J connectivity index is 0.00000225. The summed E-state index contributed by atoms with van der Waals surface area (Å²) in [4.78, 5) is 4.79. The summed E-state index contributed by atoms with van der Waals surface area (Å²) in [6, 6.07) is 15.9. The van der Waals surface area contributed by atoms with Gasteiger partial charge in [-0.25, -0.2) is 4.98 Å². The fraction of sp³-hybridized carbons (Fsp3) is 0.350. The highest BCUT2D eigenvalue weighted by Crippen LogP contribution is 2.22. The quantitative estimate of drug-likeness (QED) is 0.464. The first-order valence-electron chi connectivity index (χ1n) is 8.48. The Morgan fingerprint density at radius 3 is 2.48 bits per heavy atom. The molecule has 0 aliphatic rings. The molecule has 0 bridgehead atoms. The van der Waals surface area contributed by atoms with E-state index in [1.807, 2.05) is 30.3 Å². The first-order chi connectivity index (χ1) is 11.6. The van der Waals surface area contributed by atoms with Crippen molar-refractivity contribution in [1.82, 2.24) is 9.55 Å². The molecule has 0 aliphatic carbocycles. The zero-order valence-electron chi connectivity index (χ0n) is 14.6. The third-order valence-electron chi connectivity index (χ3n) is 4.06. The zero-order valence-corrected chi connectivity index (χ0v) is 16.2. The Morgan fingerprint density at radius 2 is 1.76 bits per heavy atom. The summed E-state index contributed by atoms with van der Waals surface area (Å²) in [7, 11) is 0. The van der Waals surface area contributed by atoms with Crippen molar-refractivity contribution in [3.05, 3.63) is 59.4 Å². The Labute approximate surface area is 160 Å². The van der Waals surface area contributed by atoms with E-state index in [2.05, 4.69) is 36.6 Å². The first-order valence-corrected chi connectivity index (χ1v) is 8.86. The van der Waals surface area contributed by atoms with Crippen LogP contribution >= 0.6 is 24.0 Å². The molecule has 0 amide bonds. The summed E-state index contributed by atoms with van der Waals surface area (Å²) in [6.45, 7) is 6.08. The molecule has 0 atom stereocenters. The minimum Gasteiger partial charge on any atom is -0.494 e. The van der Waals surface area contributed by atoms with Gasteiger partial charge in [-0.15, -0.1) is 12.4 Å². The lowest BCUT2D eigenvalue weighted by Gasteiger charge is -2.12. The second-order valence-electron chi connectivity index (χ2n) is 6.27. The van der Waals surface area contributed by atoms with Crippen LogP contribution in [-0.4, -0.2) is 16.2 Å². The van der Waals surface area contributed by atoms with E-state index in [1.54, 1.807) is 0 Å². The van der Waals surface area contributed by atoms with E-state index in [9.17, 15) is 0 Å². The van der Waals surface area contributed by atoms with Gasteiger partial charge in [0.2, 0.25) is 0 Å². The molecule has 3 nitrogen and oxygen atoms in total. The Morgan fingerprint density at radius 1 is 1.04 bits per heavy atom. The van der Waals surface area contributed by atoms with Crippen molar-refractivity contribution in [3.8, 4) is 5.75 Å². The number of fused-ring (bicyclic) bond motifs is 1. The first kappa shape index (κ1) is 19.6. The summed E-state index contributed by atoms with van der Waals surface area (Å²) in [5.74, 6) is 2.45. The van der Waals surface area contributed by atoms with Gasteiger partial charge in [-0.2, -0.15) is 0 Å². The van der Waals surface area contributed by atoms with E-state index in [1.165, 1.54) is 5.52 Å². The highest BCUT2D eigenvalue weighted by atomic mass is 35.5. The van der Waals surface area contributed by atoms with E-state index < -0.39 is 0 Å². The normalized spacial score (nSPS) is 10.9. The average molecular weight is 379 g/mol. The highest BCUT2D eigenvalue weighted by molar-refractivity contribution is 6.30. The number of imidazole rings is 1. The van der Waals surface area contributed by atoms with Crippen LogP contribution in [0.3, 0.4) is 0 Å². The standard InChI is InChI=1S/C20H23ClN2O.ClH/c1-15(2)20-22-18-7-3-4-8-19(18)23(20)13-5-6-14-24-17-11-9-16(21)10-12-17;/h3-4,7-12,15H,5-6,13-14H2,1-2H3;1H. The molecule has 0 fully saturated rings. The molecule has 0 spiro atoms. The SMILES string of the molecule is CC(C)c1nc2ccccc2n1CCCCOc1ccc(Cl)cc1.Cl. The minimum absolute atomic E-state index is 0. The predicted octanol–water partition coefficient (Wildman–Crippen LogP) is 6.09. The molecule has 0 saturated heterocycles. The molecule has 0 unspecified atom stereocenters. The molecule has 0 saturated carbocycles. The van der Waals surface area contributed by atoms with Crippen LogP contribution in [0.15, 0.2) is 48.5 Å².